The van der Waals surface area contributed by atoms with Gasteiger partial charge in [0.1, 0.15) is 0 Å². The van der Waals surface area contributed by atoms with Gasteiger partial charge in [-0.3, -0.25) is 0 Å². The summed E-state index contributed by atoms with van der Waals surface area (Å²) in [7, 11) is 0. The molecule has 0 aliphatic carbocycles. The van der Waals surface area contributed by atoms with E-state index in [1.54, 1.807) is 0 Å². The normalized spacial score (nSPS) is 24.7. The Hall–Kier alpha value is -0.0800. The van der Waals surface area contributed by atoms with Crippen LogP contribution in [0.1, 0.15) is 73.6 Å². The molecule has 1 atom stereocenters. The highest BCUT2D eigenvalue weighted by Gasteiger charge is 2.26. The first-order chi connectivity index (χ1) is 10.1. The van der Waals surface area contributed by atoms with E-state index in [2.05, 4.69) is 37.5 Å². The maximum atomic E-state index is 2.74. The van der Waals surface area contributed by atoms with E-state index in [1.807, 2.05) is 13.8 Å². The smallest absolute Gasteiger partial charge is 0.00695 e. The highest BCUT2D eigenvalue weighted by atomic mass is 15.2. The predicted molar refractivity (Wildman–Crippen MR) is 94.8 cm³/mol. The molecule has 2 aliphatic rings. The summed E-state index contributed by atoms with van der Waals surface area (Å²) in [4.78, 5) is 5.39. The number of likely N-dealkylation sites (tertiary alicyclic amines) is 2. The van der Waals surface area contributed by atoms with Gasteiger partial charge in [0, 0.05) is 12.1 Å². The zero-order valence-electron chi connectivity index (χ0n) is 15.6. The molecule has 2 saturated heterocycles. The van der Waals surface area contributed by atoms with E-state index < -0.39 is 0 Å². The third-order valence-electron chi connectivity index (χ3n) is 5.50. The Morgan fingerprint density at radius 2 is 1.29 bits per heavy atom. The van der Waals surface area contributed by atoms with Gasteiger partial charge in [-0.1, -0.05) is 20.8 Å². The van der Waals surface area contributed by atoms with Crippen LogP contribution in [0.4, 0.5) is 0 Å². The molecule has 2 rings (SSSR count). The molecule has 2 heterocycles. The second kappa shape index (κ2) is 9.84. The predicted octanol–water partition coefficient (Wildman–Crippen LogP) is 4.64. The number of hydrogen-bond acceptors (Lipinski definition) is 2. The van der Waals surface area contributed by atoms with Gasteiger partial charge in [-0.05, 0) is 90.9 Å². The SMILES string of the molecule is CC.CC1CCN(C(C)CC2CCN(C(C)C)CC2)CC1. The summed E-state index contributed by atoms with van der Waals surface area (Å²) in [5.74, 6) is 1.93. The minimum Gasteiger partial charge on any atom is -0.301 e. The third kappa shape index (κ3) is 6.28. The lowest BCUT2D eigenvalue weighted by molar-refractivity contribution is 0.0992. The van der Waals surface area contributed by atoms with Crippen molar-refractivity contribution in [3.05, 3.63) is 0 Å². The molecule has 0 radical (unpaired) electrons. The molecule has 0 spiro atoms. The van der Waals surface area contributed by atoms with E-state index in [4.69, 9.17) is 0 Å². The first-order valence-corrected chi connectivity index (χ1v) is 9.54. The van der Waals surface area contributed by atoms with Crippen molar-refractivity contribution in [2.45, 2.75) is 85.7 Å². The van der Waals surface area contributed by atoms with Crippen LogP contribution in [-0.2, 0) is 0 Å². The van der Waals surface area contributed by atoms with Gasteiger partial charge >= 0.3 is 0 Å². The van der Waals surface area contributed by atoms with E-state index in [0.717, 1.165) is 23.9 Å². The van der Waals surface area contributed by atoms with Crippen LogP contribution in [0.2, 0.25) is 0 Å². The standard InChI is InChI=1S/C17H34N2.C2H6/c1-14(2)18-11-7-17(8-12-18)13-16(4)19-9-5-15(3)6-10-19;1-2/h14-17H,5-13H2,1-4H3;1-2H3. The van der Waals surface area contributed by atoms with Gasteiger partial charge in [-0.2, -0.15) is 0 Å². The number of piperidine rings is 2. The minimum atomic E-state index is 0.738. The summed E-state index contributed by atoms with van der Waals surface area (Å²) < 4.78 is 0. The number of nitrogens with zero attached hydrogens (tertiary/aromatic N) is 2. The Labute approximate surface area is 134 Å². The van der Waals surface area contributed by atoms with Crippen LogP contribution in [-0.4, -0.2) is 48.1 Å². The zero-order valence-corrected chi connectivity index (χ0v) is 15.6. The lowest BCUT2D eigenvalue weighted by atomic mass is 9.88. The van der Waals surface area contributed by atoms with Gasteiger partial charge in [-0.15, -0.1) is 0 Å². The average Bonchev–Trinajstić information content (AvgIpc) is 2.50. The lowest BCUT2D eigenvalue weighted by Gasteiger charge is -2.39. The van der Waals surface area contributed by atoms with E-state index in [-0.39, 0.29) is 0 Å². The molecule has 0 aromatic heterocycles. The second-order valence-corrected chi connectivity index (χ2v) is 7.38. The van der Waals surface area contributed by atoms with Crippen LogP contribution in [0.5, 0.6) is 0 Å². The molecule has 126 valence electrons. The molecule has 1 unspecified atom stereocenters. The molecule has 0 aromatic rings. The van der Waals surface area contributed by atoms with Crippen molar-refractivity contribution in [3.8, 4) is 0 Å². The van der Waals surface area contributed by atoms with Crippen molar-refractivity contribution < 1.29 is 0 Å². The monoisotopic (exact) mass is 296 g/mol. The van der Waals surface area contributed by atoms with Gasteiger partial charge < -0.3 is 9.80 Å². The van der Waals surface area contributed by atoms with Gasteiger partial charge in [0.05, 0.1) is 0 Å². The van der Waals surface area contributed by atoms with Crippen molar-refractivity contribution in [2.75, 3.05) is 26.2 Å². The second-order valence-electron chi connectivity index (χ2n) is 7.38. The van der Waals surface area contributed by atoms with Gasteiger partial charge in [0.25, 0.3) is 0 Å². The molecule has 2 aliphatic heterocycles. The van der Waals surface area contributed by atoms with Gasteiger partial charge in [0.2, 0.25) is 0 Å². The maximum absolute atomic E-state index is 2.74. The Morgan fingerprint density at radius 3 is 1.76 bits per heavy atom. The molecular formula is C19H40N2. The molecule has 0 aromatic carbocycles. The zero-order chi connectivity index (χ0) is 15.8. The summed E-state index contributed by atoms with van der Waals surface area (Å²) in [5, 5.41) is 0. The van der Waals surface area contributed by atoms with Crippen molar-refractivity contribution in [1.29, 1.82) is 0 Å². The maximum Gasteiger partial charge on any atom is 0.00695 e. The summed E-state index contributed by atoms with van der Waals surface area (Å²) in [6, 6.07) is 1.55. The van der Waals surface area contributed by atoms with E-state index >= 15 is 0 Å². The molecule has 0 amide bonds. The fourth-order valence-corrected chi connectivity index (χ4v) is 3.81. The van der Waals surface area contributed by atoms with Crippen molar-refractivity contribution in [1.82, 2.24) is 9.80 Å². The van der Waals surface area contributed by atoms with E-state index in [9.17, 15) is 0 Å². The van der Waals surface area contributed by atoms with E-state index in [1.165, 1.54) is 58.3 Å². The fourth-order valence-electron chi connectivity index (χ4n) is 3.81. The number of rotatable bonds is 4. The molecule has 0 saturated carbocycles. The Balaban J connectivity index is 0.00000106. The first-order valence-electron chi connectivity index (χ1n) is 9.54. The van der Waals surface area contributed by atoms with Crippen LogP contribution in [0.3, 0.4) is 0 Å². The summed E-state index contributed by atoms with van der Waals surface area (Å²) >= 11 is 0. The quantitative estimate of drug-likeness (QED) is 0.745. The highest BCUT2D eigenvalue weighted by Crippen LogP contribution is 2.26. The Morgan fingerprint density at radius 1 is 0.810 bits per heavy atom. The highest BCUT2D eigenvalue weighted by molar-refractivity contribution is 4.80. The molecule has 2 nitrogen and oxygen atoms in total. The summed E-state index contributed by atoms with van der Waals surface area (Å²) in [5.41, 5.74) is 0. The van der Waals surface area contributed by atoms with Crippen molar-refractivity contribution in [3.63, 3.8) is 0 Å². The van der Waals surface area contributed by atoms with Crippen LogP contribution in [0, 0.1) is 11.8 Å². The molecular weight excluding hydrogens is 256 g/mol. The third-order valence-corrected chi connectivity index (χ3v) is 5.50. The topological polar surface area (TPSA) is 6.48 Å². The fraction of sp³-hybridized carbons (Fsp3) is 1.00. The van der Waals surface area contributed by atoms with Crippen LogP contribution >= 0.6 is 0 Å². The van der Waals surface area contributed by atoms with Crippen LogP contribution in [0.25, 0.3) is 0 Å². The van der Waals surface area contributed by atoms with Crippen molar-refractivity contribution in [2.24, 2.45) is 11.8 Å². The summed E-state index contributed by atoms with van der Waals surface area (Å²) in [6.45, 7) is 18.9. The Bertz CT molecular complexity index is 248. The average molecular weight is 297 g/mol. The van der Waals surface area contributed by atoms with Crippen LogP contribution in [0.15, 0.2) is 0 Å². The summed E-state index contributed by atoms with van der Waals surface area (Å²) in [6.07, 6.45) is 7.10. The Kier molecular flexibility index (Phi) is 8.89. The lowest BCUT2D eigenvalue weighted by Crippen LogP contribution is -2.43. The van der Waals surface area contributed by atoms with Crippen molar-refractivity contribution >= 4 is 0 Å². The van der Waals surface area contributed by atoms with Gasteiger partial charge in [-0.25, -0.2) is 0 Å². The van der Waals surface area contributed by atoms with Gasteiger partial charge in [0.15, 0.2) is 0 Å². The van der Waals surface area contributed by atoms with Crippen LogP contribution < -0.4 is 0 Å². The first kappa shape index (κ1) is 19.0. The molecule has 2 fully saturated rings. The molecule has 2 heteroatoms. The molecule has 0 N–H and O–H groups in total. The number of hydrogen-bond donors (Lipinski definition) is 0. The molecule has 0 bridgehead atoms. The minimum absolute atomic E-state index is 0.738. The largest absolute Gasteiger partial charge is 0.301 e. The molecule has 21 heavy (non-hydrogen) atoms. The van der Waals surface area contributed by atoms with E-state index in [0.29, 0.717) is 0 Å².